The lowest BCUT2D eigenvalue weighted by atomic mass is 10.1. The van der Waals surface area contributed by atoms with Crippen LogP contribution in [0.1, 0.15) is 31.5 Å². The number of benzene rings is 3. The number of rotatable bonds is 8. The Kier molecular flexibility index (Phi) is 6.92. The summed E-state index contributed by atoms with van der Waals surface area (Å²) in [5, 5.41) is 6.52. The third kappa shape index (κ3) is 5.09. The number of ether oxygens (including phenoxy) is 1. The van der Waals surface area contributed by atoms with Crippen LogP contribution < -0.4 is 15.6 Å². The van der Waals surface area contributed by atoms with Gasteiger partial charge in [-0.25, -0.2) is 9.07 Å². The predicted molar refractivity (Wildman–Crippen MR) is 135 cm³/mol. The quantitative estimate of drug-likeness (QED) is 0.311. The lowest BCUT2D eigenvalue weighted by Gasteiger charge is -2.08. The van der Waals surface area contributed by atoms with Gasteiger partial charge in [0.1, 0.15) is 11.6 Å². The first-order valence-corrected chi connectivity index (χ1v) is 11.1. The SMILES string of the molecule is CCCc1[nH]n(-c2ccc(F)cc2)c(=O)c1C(C)=Nc1ccc(Nc2ccc(OC)cc2)cc1. The van der Waals surface area contributed by atoms with E-state index >= 15 is 0 Å². The maximum Gasteiger partial charge on any atom is 0.280 e. The number of halogens is 1. The lowest BCUT2D eigenvalue weighted by Crippen LogP contribution is -2.19. The Hall–Kier alpha value is -4.13. The first-order valence-electron chi connectivity index (χ1n) is 11.1. The second-order valence-electron chi connectivity index (χ2n) is 7.93. The minimum atomic E-state index is -0.347. The van der Waals surface area contributed by atoms with Gasteiger partial charge in [0.25, 0.3) is 5.56 Å². The fourth-order valence-corrected chi connectivity index (χ4v) is 3.77. The highest BCUT2D eigenvalue weighted by Crippen LogP contribution is 2.23. The number of H-pyrrole nitrogens is 1. The molecular formula is C27H27FN4O2. The van der Waals surface area contributed by atoms with E-state index in [1.165, 1.54) is 16.8 Å². The van der Waals surface area contributed by atoms with E-state index < -0.39 is 0 Å². The average molecular weight is 459 g/mol. The highest BCUT2D eigenvalue weighted by atomic mass is 19.1. The highest BCUT2D eigenvalue weighted by Gasteiger charge is 2.17. The van der Waals surface area contributed by atoms with Gasteiger partial charge in [0.15, 0.2) is 0 Å². The Morgan fingerprint density at radius 1 is 1.00 bits per heavy atom. The first kappa shape index (κ1) is 23.0. The van der Waals surface area contributed by atoms with Crippen molar-refractivity contribution in [2.75, 3.05) is 12.4 Å². The van der Waals surface area contributed by atoms with E-state index in [0.29, 0.717) is 23.4 Å². The van der Waals surface area contributed by atoms with E-state index in [2.05, 4.69) is 17.3 Å². The van der Waals surface area contributed by atoms with Gasteiger partial charge in [-0.15, -0.1) is 0 Å². The third-order valence-electron chi connectivity index (χ3n) is 5.45. The van der Waals surface area contributed by atoms with Crippen LogP contribution in [-0.2, 0) is 6.42 Å². The molecule has 0 saturated carbocycles. The number of methoxy groups -OCH3 is 1. The number of nitrogens with one attached hydrogen (secondary N) is 2. The van der Waals surface area contributed by atoms with E-state index in [0.717, 1.165) is 34.9 Å². The van der Waals surface area contributed by atoms with E-state index in [9.17, 15) is 9.18 Å². The molecule has 0 amide bonds. The number of anilines is 2. The van der Waals surface area contributed by atoms with Crippen LogP contribution in [-0.4, -0.2) is 22.6 Å². The largest absolute Gasteiger partial charge is 0.497 e. The van der Waals surface area contributed by atoms with Crippen molar-refractivity contribution >= 4 is 22.8 Å². The second-order valence-corrected chi connectivity index (χ2v) is 7.93. The van der Waals surface area contributed by atoms with Crippen LogP contribution >= 0.6 is 0 Å². The Balaban J connectivity index is 1.59. The normalized spacial score (nSPS) is 11.5. The van der Waals surface area contributed by atoms with Gasteiger partial charge < -0.3 is 10.1 Å². The van der Waals surface area contributed by atoms with E-state index in [1.54, 1.807) is 19.2 Å². The number of hydrogen-bond donors (Lipinski definition) is 2. The number of hydrogen-bond acceptors (Lipinski definition) is 4. The lowest BCUT2D eigenvalue weighted by molar-refractivity contribution is 0.415. The topological polar surface area (TPSA) is 71.4 Å². The zero-order chi connectivity index (χ0) is 24.1. The zero-order valence-corrected chi connectivity index (χ0v) is 19.4. The number of nitrogens with zero attached hydrogens (tertiary/aromatic N) is 2. The molecular weight excluding hydrogens is 431 g/mol. The van der Waals surface area contributed by atoms with Gasteiger partial charge in [0.2, 0.25) is 0 Å². The molecule has 0 fully saturated rings. The van der Waals surface area contributed by atoms with E-state index in [4.69, 9.17) is 9.73 Å². The molecule has 0 aliphatic rings. The van der Waals surface area contributed by atoms with Crippen LogP contribution in [0.5, 0.6) is 5.75 Å². The van der Waals surface area contributed by atoms with E-state index in [1.807, 2.05) is 55.5 Å². The Bertz CT molecular complexity index is 1340. The number of aromatic amines is 1. The molecule has 0 radical (unpaired) electrons. The molecule has 34 heavy (non-hydrogen) atoms. The van der Waals surface area contributed by atoms with Crippen molar-refractivity contribution in [1.82, 2.24) is 9.78 Å². The minimum Gasteiger partial charge on any atom is -0.497 e. The van der Waals surface area contributed by atoms with Gasteiger partial charge in [-0.05, 0) is 86.1 Å². The van der Waals surface area contributed by atoms with Gasteiger partial charge in [-0.3, -0.25) is 14.9 Å². The van der Waals surface area contributed by atoms with Crippen LogP contribution in [0, 0.1) is 5.82 Å². The van der Waals surface area contributed by atoms with Gasteiger partial charge >= 0.3 is 0 Å². The predicted octanol–water partition coefficient (Wildman–Crippen LogP) is 6.15. The molecule has 0 saturated heterocycles. The van der Waals surface area contributed by atoms with Crippen molar-refractivity contribution < 1.29 is 9.13 Å². The molecule has 0 bridgehead atoms. The summed E-state index contributed by atoms with van der Waals surface area (Å²) in [4.78, 5) is 17.9. The van der Waals surface area contributed by atoms with Crippen molar-refractivity contribution in [3.8, 4) is 11.4 Å². The fourth-order valence-electron chi connectivity index (χ4n) is 3.77. The molecule has 0 aliphatic carbocycles. The molecule has 4 aromatic rings. The van der Waals surface area contributed by atoms with Crippen molar-refractivity contribution in [3.63, 3.8) is 0 Å². The summed E-state index contributed by atoms with van der Waals surface area (Å²) in [6, 6.07) is 21.2. The van der Waals surface area contributed by atoms with Crippen molar-refractivity contribution in [2.24, 2.45) is 4.99 Å². The molecule has 0 spiro atoms. The summed E-state index contributed by atoms with van der Waals surface area (Å²) in [7, 11) is 1.64. The van der Waals surface area contributed by atoms with Gasteiger partial charge in [0, 0.05) is 17.1 Å². The second kappa shape index (κ2) is 10.2. The zero-order valence-electron chi connectivity index (χ0n) is 19.4. The van der Waals surface area contributed by atoms with Crippen molar-refractivity contribution in [3.05, 3.63) is 100 Å². The smallest absolute Gasteiger partial charge is 0.280 e. The maximum atomic E-state index is 13.3. The van der Waals surface area contributed by atoms with E-state index in [-0.39, 0.29) is 11.4 Å². The van der Waals surface area contributed by atoms with Crippen LogP contribution in [0.4, 0.5) is 21.5 Å². The summed E-state index contributed by atoms with van der Waals surface area (Å²) in [5.74, 6) is 0.455. The van der Waals surface area contributed by atoms with Gasteiger partial charge in [0.05, 0.1) is 29.8 Å². The molecule has 0 atom stereocenters. The molecule has 4 rings (SSSR count). The Morgan fingerprint density at radius 3 is 2.21 bits per heavy atom. The molecule has 3 aromatic carbocycles. The summed E-state index contributed by atoms with van der Waals surface area (Å²) in [5.41, 5.74) is 4.99. The molecule has 7 heteroatoms. The maximum absolute atomic E-state index is 13.3. The number of aliphatic imine (C=N–C) groups is 1. The highest BCUT2D eigenvalue weighted by molar-refractivity contribution is 6.01. The van der Waals surface area contributed by atoms with Crippen molar-refractivity contribution in [2.45, 2.75) is 26.7 Å². The first-order chi connectivity index (χ1) is 16.5. The molecule has 2 N–H and O–H groups in total. The molecule has 0 unspecified atom stereocenters. The molecule has 0 aliphatic heterocycles. The molecule has 1 heterocycles. The summed E-state index contributed by atoms with van der Waals surface area (Å²) >= 11 is 0. The number of aryl methyl sites for hydroxylation is 1. The fraction of sp³-hybridized carbons (Fsp3) is 0.185. The minimum absolute atomic E-state index is 0.200. The molecule has 174 valence electrons. The van der Waals surface area contributed by atoms with Crippen molar-refractivity contribution in [1.29, 1.82) is 0 Å². The third-order valence-corrected chi connectivity index (χ3v) is 5.45. The standard InChI is InChI=1S/C27H27FN4O2/c1-4-5-25-26(27(33)32(31-25)23-14-6-19(28)7-15-23)18(2)29-20-8-10-21(11-9-20)30-22-12-16-24(34-3)17-13-22/h6-17,30-31H,4-5H2,1-3H3. The van der Waals surface area contributed by atoms with Crippen LogP contribution in [0.2, 0.25) is 0 Å². The van der Waals surface area contributed by atoms with Gasteiger partial charge in [-0.2, -0.15) is 0 Å². The van der Waals surface area contributed by atoms with Crippen LogP contribution in [0.15, 0.2) is 82.6 Å². The van der Waals surface area contributed by atoms with Gasteiger partial charge in [-0.1, -0.05) is 13.3 Å². The van der Waals surface area contributed by atoms with Crippen LogP contribution in [0.3, 0.4) is 0 Å². The average Bonchev–Trinajstić information content (AvgIpc) is 3.17. The van der Waals surface area contributed by atoms with Crippen LogP contribution in [0.25, 0.3) is 5.69 Å². The molecule has 6 nitrogen and oxygen atoms in total. The summed E-state index contributed by atoms with van der Waals surface area (Å²) in [6.45, 7) is 3.89. The summed E-state index contributed by atoms with van der Waals surface area (Å²) in [6.07, 6.45) is 1.58. The summed E-state index contributed by atoms with van der Waals surface area (Å²) < 4.78 is 20.0. The number of aromatic nitrogens is 2. The molecule has 1 aromatic heterocycles. The Labute approximate surface area is 197 Å². The monoisotopic (exact) mass is 458 g/mol. The Morgan fingerprint density at radius 2 is 1.62 bits per heavy atom.